The summed E-state index contributed by atoms with van der Waals surface area (Å²) in [5.74, 6) is -0.955. The van der Waals surface area contributed by atoms with Gasteiger partial charge in [0.2, 0.25) is 0 Å². The molecule has 0 aliphatic heterocycles. The van der Waals surface area contributed by atoms with E-state index in [4.69, 9.17) is 5.11 Å². The number of aromatic carboxylic acids is 1. The van der Waals surface area contributed by atoms with Crippen LogP contribution in [0.3, 0.4) is 0 Å². The maximum atomic E-state index is 10.7. The SMILES string of the molecule is CNOC.O=C(O)c1[nH]c2ccccc2c1Br. The number of fused-ring (bicyclic) bond motifs is 1. The highest BCUT2D eigenvalue weighted by atomic mass is 79.9. The number of benzene rings is 1. The molecule has 0 unspecified atom stereocenters. The Bertz CT molecular complexity index is 508. The van der Waals surface area contributed by atoms with Crippen molar-refractivity contribution in [3.8, 4) is 0 Å². The molecule has 92 valence electrons. The van der Waals surface area contributed by atoms with Gasteiger partial charge in [0, 0.05) is 18.0 Å². The molecule has 0 fully saturated rings. The van der Waals surface area contributed by atoms with Gasteiger partial charge in [0.25, 0.3) is 0 Å². The molecule has 6 heteroatoms. The molecule has 17 heavy (non-hydrogen) atoms. The molecule has 0 amide bonds. The molecule has 0 radical (unpaired) electrons. The molecular weight excluding hydrogens is 288 g/mol. The molecule has 3 N–H and O–H groups in total. The molecule has 0 atom stereocenters. The summed E-state index contributed by atoms with van der Waals surface area (Å²) in [4.78, 5) is 17.8. The molecule has 2 aromatic rings. The Kier molecular flexibility index (Phi) is 5.14. The van der Waals surface area contributed by atoms with Crippen LogP contribution in [0.25, 0.3) is 10.9 Å². The zero-order valence-corrected chi connectivity index (χ0v) is 11.0. The third kappa shape index (κ3) is 3.29. The number of rotatable bonds is 2. The highest BCUT2D eigenvalue weighted by Gasteiger charge is 2.13. The number of para-hydroxylation sites is 1. The second kappa shape index (κ2) is 6.39. The van der Waals surface area contributed by atoms with Gasteiger partial charge in [-0.05, 0) is 22.0 Å². The summed E-state index contributed by atoms with van der Waals surface area (Å²) in [6.07, 6.45) is 0. The predicted octanol–water partition coefficient (Wildman–Crippen LogP) is 2.40. The number of aromatic amines is 1. The number of aromatic nitrogens is 1. The first-order chi connectivity index (χ1) is 8.11. The first-order valence-electron chi connectivity index (χ1n) is 4.81. The van der Waals surface area contributed by atoms with Crippen LogP contribution in [0.2, 0.25) is 0 Å². The van der Waals surface area contributed by atoms with E-state index in [1.165, 1.54) is 0 Å². The number of hydrogen-bond donors (Lipinski definition) is 3. The average molecular weight is 301 g/mol. The van der Waals surface area contributed by atoms with E-state index in [9.17, 15) is 4.79 Å². The van der Waals surface area contributed by atoms with E-state index in [1.54, 1.807) is 14.2 Å². The molecule has 0 spiro atoms. The van der Waals surface area contributed by atoms with Crippen molar-refractivity contribution in [2.45, 2.75) is 0 Å². The Morgan fingerprint density at radius 1 is 1.47 bits per heavy atom. The van der Waals surface area contributed by atoms with Crippen LogP contribution >= 0.6 is 15.9 Å². The summed E-state index contributed by atoms with van der Waals surface area (Å²) in [6.45, 7) is 0. The van der Waals surface area contributed by atoms with Gasteiger partial charge in [-0.25, -0.2) is 10.3 Å². The number of nitrogens with one attached hydrogen (secondary N) is 2. The minimum Gasteiger partial charge on any atom is -0.477 e. The third-order valence-electron chi connectivity index (χ3n) is 2.06. The van der Waals surface area contributed by atoms with E-state index >= 15 is 0 Å². The Hall–Kier alpha value is -1.37. The summed E-state index contributed by atoms with van der Waals surface area (Å²) in [6, 6.07) is 7.43. The smallest absolute Gasteiger partial charge is 0.353 e. The van der Waals surface area contributed by atoms with Crippen molar-refractivity contribution < 1.29 is 14.7 Å². The second-order valence-electron chi connectivity index (χ2n) is 3.07. The number of carboxylic acids is 1. The van der Waals surface area contributed by atoms with E-state index < -0.39 is 5.97 Å². The lowest BCUT2D eigenvalue weighted by atomic mass is 10.2. The van der Waals surface area contributed by atoms with Gasteiger partial charge in [0.15, 0.2) is 0 Å². The maximum Gasteiger partial charge on any atom is 0.353 e. The van der Waals surface area contributed by atoms with Crippen LogP contribution in [0.15, 0.2) is 28.7 Å². The third-order valence-corrected chi connectivity index (χ3v) is 2.88. The Labute approximate surface area is 107 Å². The average Bonchev–Trinajstić information content (AvgIpc) is 2.68. The topological polar surface area (TPSA) is 74.3 Å². The molecule has 1 aromatic carbocycles. The fourth-order valence-corrected chi connectivity index (χ4v) is 1.87. The number of halogens is 1. The predicted molar refractivity (Wildman–Crippen MR) is 69.0 cm³/mol. The number of carbonyl (C=O) groups is 1. The highest BCUT2D eigenvalue weighted by Crippen LogP contribution is 2.27. The summed E-state index contributed by atoms with van der Waals surface area (Å²) in [7, 11) is 3.28. The quantitative estimate of drug-likeness (QED) is 0.745. The van der Waals surface area contributed by atoms with Crippen LogP contribution in [0.4, 0.5) is 0 Å². The van der Waals surface area contributed by atoms with E-state index in [0.717, 1.165) is 10.9 Å². The van der Waals surface area contributed by atoms with Crippen molar-refractivity contribution in [1.29, 1.82) is 0 Å². The van der Waals surface area contributed by atoms with Gasteiger partial charge < -0.3 is 14.9 Å². The number of hydroxylamine groups is 1. The lowest BCUT2D eigenvalue weighted by molar-refractivity contribution is 0.0690. The fraction of sp³-hybridized carbons (Fsp3) is 0.182. The van der Waals surface area contributed by atoms with Gasteiger partial charge in [-0.3, -0.25) is 0 Å². The van der Waals surface area contributed by atoms with Gasteiger partial charge in [-0.1, -0.05) is 18.2 Å². The number of carboxylic acid groups (broad SMARTS) is 1. The van der Waals surface area contributed by atoms with E-state index in [-0.39, 0.29) is 5.69 Å². The second-order valence-corrected chi connectivity index (χ2v) is 3.87. The van der Waals surface area contributed by atoms with E-state index in [1.807, 2.05) is 24.3 Å². The fourth-order valence-electron chi connectivity index (χ4n) is 1.26. The van der Waals surface area contributed by atoms with Crippen molar-refractivity contribution in [2.24, 2.45) is 0 Å². The van der Waals surface area contributed by atoms with Crippen molar-refractivity contribution in [2.75, 3.05) is 14.2 Å². The van der Waals surface area contributed by atoms with Crippen LogP contribution in [0, 0.1) is 0 Å². The standard InChI is InChI=1S/C9H6BrNO2.C2H7NO/c10-7-5-3-1-2-4-6(5)11-8(7)9(12)13;1-3-4-2/h1-4,11H,(H,12,13);3H,1-2H3. The van der Waals surface area contributed by atoms with Gasteiger partial charge in [-0.2, -0.15) is 0 Å². The molecule has 0 saturated heterocycles. The summed E-state index contributed by atoms with van der Waals surface area (Å²) in [5, 5.41) is 9.69. The van der Waals surface area contributed by atoms with Gasteiger partial charge >= 0.3 is 5.97 Å². The number of H-pyrrole nitrogens is 1. The molecule has 0 bridgehead atoms. The van der Waals surface area contributed by atoms with Crippen LogP contribution in [0.1, 0.15) is 10.5 Å². The molecular formula is C11H13BrN2O3. The minimum absolute atomic E-state index is 0.196. The molecule has 1 heterocycles. The maximum absolute atomic E-state index is 10.7. The Balaban J connectivity index is 0.000000317. The summed E-state index contributed by atoms with van der Waals surface area (Å²) >= 11 is 3.24. The molecule has 0 aliphatic carbocycles. The van der Waals surface area contributed by atoms with Gasteiger partial charge in [-0.15, -0.1) is 0 Å². The zero-order chi connectivity index (χ0) is 12.8. The first-order valence-corrected chi connectivity index (χ1v) is 5.60. The molecule has 1 aromatic heterocycles. The van der Waals surface area contributed by atoms with Crippen molar-refractivity contribution in [1.82, 2.24) is 10.5 Å². The monoisotopic (exact) mass is 300 g/mol. The molecule has 5 nitrogen and oxygen atoms in total. The van der Waals surface area contributed by atoms with E-state index in [2.05, 4.69) is 31.2 Å². The number of hydrogen-bond acceptors (Lipinski definition) is 3. The van der Waals surface area contributed by atoms with Crippen LogP contribution in [0.5, 0.6) is 0 Å². The van der Waals surface area contributed by atoms with Gasteiger partial charge in [0.05, 0.1) is 11.6 Å². The largest absolute Gasteiger partial charge is 0.477 e. The lowest BCUT2D eigenvalue weighted by Gasteiger charge is -1.87. The van der Waals surface area contributed by atoms with Crippen LogP contribution in [-0.4, -0.2) is 30.2 Å². The Morgan fingerprint density at radius 3 is 2.53 bits per heavy atom. The van der Waals surface area contributed by atoms with E-state index in [0.29, 0.717) is 4.47 Å². The van der Waals surface area contributed by atoms with Gasteiger partial charge in [0.1, 0.15) is 5.69 Å². The van der Waals surface area contributed by atoms with Crippen molar-refractivity contribution in [3.63, 3.8) is 0 Å². The molecule has 2 rings (SSSR count). The molecule has 0 aliphatic rings. The summed E-state index contributed by atoms with van der Waals surface area (Å²) in [5.41, 5.74) is 3.45. The minimum atomic E-state index is -0.955. The highest BCUT2D eigenvalue weighted by molar-refractivity contribution is 9.10. The van der Waals surface area contributed by atoms with Crippen LogP contribution < -0.4 is 5.48 Å². The van der Waals surface area contributed by atoms with Crippen LogP contribution in [-0.2, 0) is 4.84 Å². The summed E-state index contributed by atoms with van der Waals surface area (Å²) < 4.78 is 0.607. The zero-order valence-electron chi connectivity index (χ0n) is 9.45. The first kappa shape index (κ1) is 13.7. The lowest BCUT2D eigenvalue weighted by Crippen LogP contribution is -2.00. The molecule has 0 saturated carbocycles. The van der Waals surface area contributed by atoms with Crippen molar-refractivity contribution >= 4 is 32.8 Å². The Morgan fingerprint density at radius 2 is 2.06 bits per heavy atom. The normalized spacial score (nSPS) is 9.82. The van der Waals surface area contributed by atoms with Crippen molar-refractivity contribution in [3.05, 3.63) is 34.4 Å².